The molecule has 0 radical (unpaired) electrons. The number of nitro groups is 1. The second-order valence-corrected chi connectivity index (χ2v) is 6.48. The zero-order valence-corrected chi connectivity index (χ0v) is 16.1. The number of nitro benzene ring substituents is 1. The van der Waals surface area contributed by atoms with Gasteiger partial charge in [0.1, 0.15) is 5.75 Å². The first-order valence-corrected chi connectivity index (χ1v) is 9.38. The van der Waals surface area contributed by atoms with Crippen LogP contribution in [0.4, 0.5) is 5.69 Å². The van der Waals surface area contributed by atoms with Crippen molar-refractivity contribution in [2.75, 3.05) is 6.61 Å². The Balaban J connectivity index is 1.84. The third kappa shape index (κ3) is 5.19. The van der Waals surface area contributed by atoms with E-state index in [-0.39, 0.29) is 24.1 Å². The fraction of sp³-hybridized carbons (Fsp3) is 0.174. The summed E-state index contributed by atoms with van der Waals surface area (Å²) in [6.45, 7) is 2.50. The summed E-state index contributed by atoms with van der Waals surface area (Å²) < 4.78 is 5.49. The van der Waals surface area contributed by atoms with Gasteiger partial charge in [-0.15, -0.1) is 0 Å². The molecule has 6 nitrogen and oxygen atoms in total. The predicted octanol–water partition coefficient (Wildman–Crippen LogP) is 4.44. The fourth-order valence-corrected chi connectivity index (χ4v) is 3.15. The lowest BCUT2D eigenvalue weighted by Crippen LogP contribution is -2.30. The van der Waals surface area contributed by atoms with E-state index in [1.54, 1.807) is 18.2 Å². The van der Waals surface area contributed by atoms with Crippen molar-refractivity contribution in [3.05, 3.63) is 106 Å². The molecular weight excluding hydrogens is 368 g/mol. The van der Waals surface area contributed by atoms with E-state index in [0.29, 0.717) is 12.2 Å². The van der Waals surface area contributed by atoms with Gasteiger partial charge in [-0.2, -0.15) is 0 Å². The maximum atomic E-state index is 12.8. The molecule has 0 aliphatic carbocycles. The minimum absolute atomic E-state index is 0.0556. The Hall–Kier alpha value is -3.67. The van der Waals surface area contributed by atoms with Crippen molar-refractivity contribution in [2.24, 2.45) is 0 Å². The summed E-state index contributed by atoms with van der Waals surface area (Å²) in [5, 5.41) is 14.2. The summed E-state index contributed by atoms with van der Waals surface area (Å²) in [7, 11) is 0. The van der Waals surface area contributed by atoms with E-state index >= 15 is 0 Å². The minimum atomic E-state index is -0.469. The average molecular weight is 390 g/mol. The lowest BCUT2D eigenvalue weighted by atomic mass is 9.98. The summed E-state index contributed by atoms with van der Waals surface area (Å²) in [6, 6.07) is 23.1. The van der Waals surface area contributed by atoms with E-state index in [9.17, 15) is 14.9 Å². The van der Waals surface area contributed by atoms with Gasteiger partial charge < -0.3 is 10.1 Å². The van der Waals surface area contributed by atoms with Gasteiger partial charge in [-0.05, 0) is 30.2 Å². The van der Waals surface area contributed by atoms with E-state index in [1.165, 1.54) is 6.07 Å². The molecule has 3 aromatic carbocycles. The Bertz CT molecular complexity index is 972. The van der Waals surface area contributed by atoms with Crippen LogP contribution >= 0.6 is 0 Å². The van der Waals surface area contributed by atoms with Gasteiger partial charge >= 0.3 is 0 Å². The normalized spacial score (nSPS) is 11.5. The molecule has 0 fully saturated rings. The highest BCUT2D eigenvalue weighted by Crippen LogP contribution is 2.25. The highest BCUT2D eigenvalue weighted by Gasteiger charge is 2.20. The van der Waals surface area contributed by atoms with Gasteiger partial charge in [-0.1, -0.05) is 60.7 Å². The summed E-state index contributed by atoms with van der Waals surface area (Å²) in [5.41, 5.74) is 2.15. The predicted molar refractivity (Wildman–Crippen MR) is 111 cm³/mol. The number of hydrogen-bond donors (Lipinski definition) is 1. The first kappa shape index (κ1) is 20.1. The standard InChI is InChI=1S/C23H22N2O4/c1-2-29-20-14-12-18(13-15-20)23(17-8-4-3-5-9-17)24-22(26)16-19-10-6-7-11-21(19)25(27)28/h3-15,23H,2,16H2,1H3,(H,24,26). The van der Waals surface area contributed by atoms with E-state index in [4.69, 9.17) is 4.74 Å². The van der Waals surface area contributed by atoms with E-state index in [1.807, 2.05) is 61.5 Å². The lowest BCUT2D eigenvalue weighted by molar-refractivity contribution is -0.385. The molecule has 0 saturated heterocycles. The summed E-state index contributed by atoms with van der Waals surface area (Å²) in [6.07, 6.45) is -0.0719. The number of ether oxygens (including phenoxy) is 1. The molecule has 1 N–H and O–H groups in total. The largest absolute Gasteiger partial charge is 0.494 e. The average Bonchev–Trinajstić information content (AvgIpc) is 2.74. The molecule has 148 valence electrons. The molecule has 0 heterocycles. The van der Waals surface area contributed by atoms with Crippen molar-refractivity contribution in [1.29, 1.82) is 0 Å². The zero-order valence-electron chi connectivity index (χ0n) is 16.1. The Labute approximate surface area is 169 Å². The first-order valence-electron chi connectivity index (χ1n) is 9.38. The van der Waals surface area contributed by atoms with Crippen molar-refractivity contribution in [3.63, 3.8) is 0 Å². The molecule has 0 aliphatic rings. The molecule has 0 bridgehead atoms. The number of carbonyl (C=O) groups is 1. The number of rotatable bonds is 8. The number of amides is 1. The van der Waals surface area contributed by atoms with Crippen molar-refractivity contribution >= 4 is 11.6 Å². The van der Waals surface area contributed by atoms with Crippen LogP contribution < -0.4 is 10.1 Å². The maximum absolute atomic E-state index is 12.8. The SMILES string of the molecule is CCOc1ccc(C(NC(=O)Cc2ccccc2[N+](=O)[O-])c2ccccc2)cc1. The number of nitrogens with one attached hydrogen (secondary N) is 1. The van der Waals surface area contributed by atoms with Crippen LogP contribution in [-0.4, -0.2) is 17.4 Å². The van der Waals surface area contributed by atoms with Crippen molar-refractivity contribution in [1.82, 2.24) is 5.32 Å². The molecule has 1 unspecified atom stereocenters. The van der Waals surface area contributed by atoms with Crippen LogP contribution in [0.25, 0.3) is 0 Å². The number of carbonyl (C=O) groups excluding carboxylic acids is 1. The third-order valence-corrected chi connectivity index (χ3v) is 4.50. The van der Waals surface area contributed by atoms with E-state index < -0.39 is 4.92 Å². The summed E-state index contributed by atoms with van der Waals surface area (Å²) in [5.74, 6) is 0.469. The van der Waals surface area contributed by atoms with Gasteiger partial charge in [0.25, 0.3) is 5.69 Å². The van der Waals surface area contributed by atoms with Gasteiger partial charge in [0, 0.05) is 11.6 Å². The van der Waals surface area contributed by atoms with Gasteiger partial charge in [-0.25, -0.2) is 0 Å². The quantitative estimate of drug-likeness (QED) is 0.455. The van der Waals surface area contributed by atoms with Crippen molar-refractivity contribution in [2.45, 2.75) is 19.4 Å². The lowest BCUT2D eigenvalue weighted by Gasteiger charge is -2.20. The third-order valence-electron chi connectivity index (χ3n) is 4.50. The number of nitrogens with zero attached hydrogens (tertiary/aromatic N) is 1. The fourth-order valence-electron chi connectivity index (χ4n) is 3.15. The Morgan fingerprint density at radius 3 is 2.24 bits per heavy atom. The Kier molecular flexibility index (Phi) is 6.58. The Morgan fingerprint density at radius 1 is 0.966 bits per heavy atom. The first-order chi connectivity index (χ1) is 14.1. The van der Waals surface area contributed by atoms with Crippen LogP contribution in [0.5, 0.6) is 5.75 Å². The zero-order chi connectivity index (χ0) is 20.6. The number of para-hydroxylation sites is 1. The van der Waals surface area contributed by atoms with Gasteiger partial charge in [0.2, 0.25) is 5.91 Å². The van der Waals surface area contributed by atoms with E-state index in [0.717, 1.165) is 16.9 Å². The van der Waals surface area contributed by atoms with Gasteiger partial charge in [-0.3, -0.25) is 14.9 Å². The molecule has 0 spiro atoms. The second kappa shape index (κ2) is 9.50. The highest BCUT2D eigenvalue weighted by molar-refractivity contribution is 5.80. The smallest absolute Gasteiger partial charge is 0.273 e. The second-order valence-electron chi connectivity index (χ2n) is 6.48. The molecule has 0 aromatic heterocycles. The highest BCUT2D eigenvalue weighted by atomic mass is 16.6. The number of hydrogen-bond acceptors (Lipinski definition) is 4. The van der Waals surface area contributed by atoms with Crippen molar-refractivity contribution in [3.8, 4) is 5.75 Å². The monoisotopic (exact) mass is 390 g/mol. The molecule has 0 aliphatic heterocycles. The van der Waals surface area contributed by atoms with Crippen LogP contribution in [-0.2, 0) is 11.2 Å². The van der Waals surface area contributed by atoms with Crippen LogP contribution in [0.2, 0.25) is 0 Å². The van der Waals surface area contributed by atoms with Crippen molar-refractivity contribution < 1.29 is 14.5 Å². The molecule has 6 heteroatoms. The van der Waals surface area contributed by atoms with Gasteiger partial charge in [0.05, 0.1) is 24.0 Å². The molecule has 3 rings (SSSR count). The van der Waals surface area contributed by atoms with Crippen LogP contribution in [0.3, 0.4) is 0 Å². The summed E-state index contributed by atoms with van der Waals surface area (Å²) >= 11 is 0. The summed E-state index contributed by atoms with van der Waals surface area (Å²) in [4.78, 5) is 23.5. The molecule has 1 atom stereocenters. The number of benzene rings is 3. The van der Waals surface area contributed by atoms with Crippen LogP contribution in [0, 0.1) is 10.1 Å². The molecular formula is C23H22N2O4. The molecule has 1 amide bonds. The minimum Gasteiger partial charge on any atom is -0.494 e. The molecule has 29 heavy (non-hydrogen) atoms. The molecule has 3 aromatic rings. The maximum Gasteiger partial charge on any atom is 0.273 e. The topological polar surface area (TPSA) is 81.5 Å². The van der Waals surface area contributed by atoms with E-state index in [2.05, 4.69) is 5.32 Å². The van der Waals surface area contributed by atoms with Crippen LogP contribution in [0.15, 0.2) is 78.9 Å². The van der Waals surface area contributed by atoms with Crippen LogP contribution in [0.1, 0.15) is 29.7 Å². The van der Waals surface area contributed by atoms with Gasteiger partial charge in [0.15, 0.2) is 0 Å². The molecule has 0 saturated carbocycles. The Morgan fingerprint density at radius 2 is 1.59 bits per heavy atom.